The van der Waals surface area contributed by atoms with E-state index in [1.807, 2.05) is 54.6 Å². The molecule has 10 heteroatoms. The number of nitrogens with zero attached hydrogens (tertiary/aromatic N) is 6. The average molecular weight is 541 g/mol. The summed E-state index contributed by atoms with van der Waals surface area (Å²) in [4.78, 5) is 37.1. The summed E-state index contributed by atoms with van der Waals surface area (Å²) in [5.41, 5.74) is 2.76. The van der Waals surface area contributed by atoms with Crippen molar-refractivity contribution >= 4 is 41.1 Å². The van der Waals surface area contributed by atoms with E-state index < -0.39 is 0 Å². The Morgan fingerprint density at radius 1 is 0.949 bits per heavy atom. The van der Waals surface area contributed by atoms with Crippen LogP contribution in [-0.2, 0) is 0 Å². The average Bonchev–Trinajstić information content (AvgIpc) is 3.36. The monoisotopic (exact) mass is 540 g/mol. The van der Waals surface area contributed by atoms with Gasteiger partial charge in [-0.3, -0.25) is 9.79 Å². The van der Waals surface area contributed by atoms with Gasteiger partial charge in [-0.1, -0.05) is 24.6 Å². The van der Waals surface area contributed by atoms with Gasteiger partial charge in [0.25, 0.3) is 5.91 Å². The molecule has 3 aromatic rings. The molecule has 0 radical (unpaired) electrons. The summed E-state index contributed by atoms with van der Waals surface area (Å²) >= 11 is 1.45. The van der Waals surface area contributed by atoms with Crippen LogP contribution in [-0.4, -0.2) is 71.4 Å². The molecule has 3 heterocycles. The van der Waals surface area contributed by atoms with Crippen molar-refractivity contribution in [3.8, 4) is 0 Å². The summed E-state index contributed by atoms with van der Waals surface area (Å²) in [6.07, 6.45) is 6.00. The summed E-state index contributed by atoms with van der Waals surface area (Å²) in [7, 11) is 2.13. The maximum Gasteiger partial charge on any atom is 0.255 e. The number of amides is 1. The van der Waals surface area contributed by atoms with E-state index in [-0.39, 0.29) is 5.91 Å². The molecule has 39 heavy (non-hydrogen) atoms. The summed E-state index contributed by atoms with van der Waals surface area (Å²) in [6, 6.07) is 16.9. The predicted octanol–water partition coefficient (Wildman–Crippen LogP) is 4.58. The Morgan fingerprint density at radius 2 is 1.72 bits per heavy atom. The number of rotatable bonds is 7. The Kier molecular flexibility index (Phi) is 7.55. The number of amidine groups is 1. The first kappa shape index (κ1) is 25.5. The molecule has 1 amide bonds. The maximum atomic E-state index is 12.6. The Labute approximate surface area is 232 Å². The van der Waals surface area contributed by atoms with Crippen molar-refractivity contribution in [1.82, 2.24) is 19.9 Å². The second kappa shape index (κ2) is 11.5. The maximum absolute atomic E-state index is 12.6. The highest BCUT2D eigenvalue weighted by molar-refractivity contribution is 7.99. The van der Waals surface area contributed by atoms with Gasteiger partial charge < -0.3 is 20.4 Å². The number of carbonyl (C=O) groups excluding carboxylic acids is 1. The van der Waals surface area contributed by atoms with Gasteiger partial charge in [0.1, 0.15) is 5.84 Å². The lowest BCUT2D eigenvalue weighted by Crippen LogP contribution is -2.45. The topological polar surface area (TPSA) is 98.6 Å². The molecule has 6 rings (SSSR count). The molecular formula is C29H32N8OS. The molecule has 1 saturated carbocycles. The van der Waals surface area contributed by atoms with Crippen LogP contribution in [0.1, 0.15) is 29.6 Å². The number of benzene rings is 2. The molecule has 0 bridgehead atoms. The largest absolute Gasteiger partial charge is 0.338 e. The van der Waals surface area contributed by atoms with Crippen molar-refractivity contribution in [1.29, 1.82) is 0 Å². The van der Waals surface area contributed by atoms with Crippen LogP contribution in [0.2, 0.25) is 0 Å². The number of likely N-dealkylation sites (N-methyl/N-ethyl adjacent to an activating group) is 1. The van der Waals surface area contributed by atoms with Gasteiger partial charge in [-0.05, 0) is 85.6 Å². The van der Waals surface area contributed by atoms with Crippen LogP contribution in [0.3, 0.4) is 0 Å². The number of aliphatic imine (C=N–C) groups is 1. The zero-order valence-corrected chi connectivity index (χ0v) is 22.8. The Hall–Kier alpha value is -3.76. The fourth-order valence-corrected chi connectivity index (χ4v) is 5.50. The second-order valence-electron chi connectivity index (χ2n) is 10.2. The Balaban J connectivity index is 1.19. The fourth-order valence-electron chi connectivity index (χ4n) is 4.76. The van der Waals surface area contributed by atoms with E-state index >= 15 is 0 Å². The number of nitrogens with one attached hydrogen (secondary N) is 2. The van der Waals surface area contributed by atoms with Crippen molar-refractivity contribution in [2.24, 2.45) is 10.9 Å². The Morgan fingerprint density at radius 3 is 2.44 bits per heavy atom. The third kappa shape index (κ3) is 6.29. The van der Waals surface area contributed by atoms with E-state index in [2.05, 4.69) is 38.5 Å². The van der Waals surface area contributed by atoms with E-state index in [0.717, 1.165) is 49.1 Å². The zero-order chi connectivity index (χ0) is 26.6. The van der Waals surface area contributed by atoms with E-state index in [9.17, 15) is 4.79 Å². The highest BCUT2D eigenvalue weighted by Crippen LogP contribution is 2.35. The summed E-state index contributed by atoms with van der Waals surface area (Å²) in [5, 5.41) is 6.87. The molecule has 2 N–H and O–H groups in total. The molecular weight excluding hydrogens is 508 g/mol. The van der Waals surface area contributed by atoms with Gasteiger partial charge in [-0.15, -0.1) is 0 Å². The molecule has 0 atom stereocenters. The van der Waals surface area contributed by atoms with Crippen LogP contribution in [0.5, 0.6) is 0 Å². The van der Waals surface area contributed by atoms with Crippen LogP contribution in [0.25, 0.3) is 0 Å². The van der Waals surface area contributed by atoms with E-state index in [1.165, 1.54) is 36.6 Å². The summed E-state index contributed by atoms with van der Waals surface area (Å²) < 4.78 is 0. The van der Waals surface area contributed by atoms with E-state index in [4.69, 9.17) is 15.0 Å². The van der Waals surface area contributed by atoms with Gasteiger partial charge >= 0.3 is 0 Å². The van der Waals surface area contributed by atoms with Gasteiger partial charge in [0, 0.05) is 42.3 Å². The van der Waals surface area contributed by atoms with Crippen molar-refractivity contribution in [2.45, 2.75) is 29.3 Å². The lowest BCUT2D eigenvalue weighted by molar-refractivity contribution is 0.102. The van der Waals surface area contributed by atoms with Crippen molar-refractivity contribution in [3.05, 3.63) is 71.8 Å². The first-order valence-corrected chi connectivity index (χ1v) is 14.3. The number of carbonyl (C=O) groups is 1. The van der Waals surface area contributed by atoms with Crippen LogP contribution in [0, 0.1) is 5.92 Å². The van der Waals surface area contributed by atoms with Crippen LogP contribution < -0.4 is 15.5 Å². The van der Waals surface area contributed by atoms with Gasteiger partial charge in [-0.25, -0.2) is 0 Å². The summed E-state index contributed by atoms with van der Waals surface area (Å²) in [6.45, 7) is 4.41. The number of hydrogen-bond acceptors (Lipinski definition) is 9. The van der Waals surface area contributed by atoms with Crippen LogP contribution in [0.4, 0.5) is 17.6 Å². The standard InChI is InChI=1S/C29H32N8OS/c1-36-14-16-37(17-15-36)28-33-27(32-25-18-22(19-30-25)20-6-5-7-20)34-29(35-28)39-24-12-10-21(11-13-24)26(38)31-23-8-3-2-4-9-23/h2-4,8-13,18,20H,5-7,14-17,19H2,1H3,(H,31,38)(H,30,32,33,34,35). The minimum absolute atomic E-state index is 0.145. The third-order valence-electron chi connectivity index (χ3n) is 7.37. The molecule has 0 unspecified atom stereocenters. The van der Waals surface area contributed by atoms with Crippen molar-refractivity contribution in [3.63, 3.8) is 0 Å². The number of piperazine rings is 1. The van der Waals surface area contributed by atoms with Crippen LogP contribution in [0.15, 0.2) is 81.3 Å². The summed E-state index contributed by atoms with van der Waals surface area (Å²) in [5.74, 6) is 2.52. The minimum atomic E-state index is -0.145. The number of para-hydroxylation sites is 1. The van der Waals surface area contributed by atoms with Gasteiger partial charge in [0.05, 0.1) is 6.54 Å². The minimum Gasteiger partial charge on any atom is -0.338 e. The molecule has 2 aliphatic heterocycles. The van der Waals surface area contributed by atoms with E-state index in [0.29, 0.717) is 28.5 Å². The molecule has 0 spiro atoms. The molecule has 1 saturated heterocycles. The quantitative estimate of drug-likeness (QED) is 0.450. The number of aromatic nitrogens is 3. The zero-order valence-electron chi connectivity index (χ0n) is 22.0. The highest BCUT2D eigenvalue weighted by atomic mass is 32.2. The number of anilines is 3. The molecule has 200 valence electrons. The smallest absolute Gasteiger partial charge is 0.255 e. The predicted molar refractivity (Wildman–Crippen MR) is 156 cm³/mol. The van der Waals surface area contributed by atoms with Gasteiger partial charge in [0.15, 0.2) is 5.16 Å². The first-order chi connectivity index (χ1) is 19.1. The number of hydrogen-bond donors (Lipinski definition) is 2. The molecule has 1 aromatic heterocycles. The van der Waals surface area contributed by atoms with Crippen molar-refractivity contribution in [2.75, 3.05) is 55.3 Å². The molecule has 3 aliphatic rings. The van der Waals surface area contributed by atoms with Crippen molar-refractivity contribution < 1.29 is 4.79 Å². The molecule has 1 aliphatic carbocycles. The highest BCUT2D eigenvalue weighted by Gasteiger charge is 2.25. The lowest BCUT2D eigenvalue weighted by atomic mass is 9.80. The van der Waals surface area contributed by atoms with Gasteiger partial charge in [-0.2, -0.15) is 15.0 Å². The van der Waals surface area contributed by atoms with E-state index in [1.54, 1.807) is 0 Å². The lowest BCUT2D eigenvalue weighted by Gasteiger charge is -2.32. The third-order valence-corrected chi connectivity index (χ3v) is 8.24. The molecule has 2 aromatic carbocycles. The molecule has 2 fully saturated rings. The Bertz CT molecular complexity index is 1380. The van der Waals surface area contributed by atoms with Gasteiger partial charge in [0.2, 0.25) is 11.9 Å². The SMILES string of the molecule is CN1CCN(c2nc(NC3=NCC(C4CCC4)=C3)nc(Sc3ccc(C(=O)Nc4ccccc4)cc3)n2)CC1. The van der Waals surface area contributed by atoms with Crippen LogP contribution >= 0.6 is 11.8 Å². The normalized spacial score (nSPS) is 17.8. The first-order valence-electron chi connectivity index (χ1n) is 13.4. The molecule has 9 nitrogen and oxygen atoms in total. The second-order valence-corrected chi connectivity index (χ2v) is 11.2. The fraction of sp³-hybridized carbons (Fsp3) is 0.345.